The van der Waals surface area contributed by atoms with Gasteiger partial charge in [-0.05, 0) is 26.0 Å². The molecule has 1 N–H and O–H groups in total. The third-order valence-electron chi connectivity index (χ3n) is 4.57. The zero-order valence-corrected chi connectivity index (χ0v) is 11.6. The van der Waals surface area contributed by atoms with Crippen molar-refractivity contribution in [1.29, 1.82) is 0 Å². The Kier molecular flexibility index (Phi) is 3.76. The zero-order valence-electron chi connectivity index (χ0n) is 11.6. The number of fused-ring (bicyclic) bond motifs is 1. The Hall–Kier alpha value is -1.06. The molecule has 0 bridgehead atoms. The molecular formula is C16H23NO2. The molecule has 0 saturated heterocycles. The second kappa shape index (κ2) is 5.51. The van der Waals surface area contributed by atoms with E-state index in [4.69, 9.17) is 4.74 Å². The molecule has 1 aliphatic carbocycles. The Morgan fingerprint density at radius 1 is 1.26 bits per heavy atom. The van der Waals surface area contributed by atoms with Crippen molar-refractivity contribution < 1.29 is 9.84 Å². The normalized spacial score (nSPS) is 30.2. The summed E-state index contributed by atoms with van der Waals surface area (Å²) in [6.45, 7) is 1.74. The Morgan fingerprint density at radius 2 is 2.05 bits per heavy atom. The first-order chi connectivity index (χ1) is 9.25. The van der Waals surface area contributed by atoms with Gasteiger partial charge < -0.3 is 14.7 Å². The fourth-order valence-electron chi connectivity index (χ4n) is 3.47. The highest BCUT2D eigenvalue weighted by Crippen LogP contribution is 2.34. The number of aliphatic hydroxyl groups is 1. The number of ether oxygens (including phenoxy) is 1. The number of hydrogen-bond donors (Lipinski definition) is 1. The molecule has 1 fully saturated rings. The van der Waals surface area contributed by atoms with Gasteiger partial charge in [-0.2, -0.15) is 0 Å². The molecule has 3 heteroatoms. The highest BCUT2D eigenvalue weighted by Gasteiger charge is 2.31. The summed E-state index contributed by atoms with van der Waals surface area (Å²) in [7, 11) is 2.14. The SMILES string of the molecule is CN(CC1COc2ccccc21)C1CCCCC1O. The summed E-state index contributed by atoms with van der Waals surface area (Å²) in [4.78, 5) is 2.33. The number of rotatable bonds is 3. The van der Waals surface area contributed by atoms with E-state index in [1.807, 2.05) is 12.1 Å². The van der Waals surface area contributed by atoms with Crippen molar-refractivity contribution in [2.75, 3.05) is 20.2 Å². The smallest absolute Gasteiger partial charge is 0.122 e. The van der Waals surface area contributed by atoms with Gasteiger partial charge in [0.2, 0.25) is 0 Å². The Balaban J connectivity index is 1.66. The summed E-state index contributed by atoms with van der Waals surface area (Å²) in [5, 5.41) is 10.1. The summed E-state index contributed by atoms with van der Waals surface area (Å²) in [6, 6.07) is 8.64. The highest BCUT2D eigenvalue weighted by molar-refractivity contribution is 5.39. The Bertz CT molecular complexity index is 435. The van der Waals surface area contributed by atoms with Gasteiger partial charge in [-0.15, -0.1) is 0 Å². The van der Waals surface area contributed by atoms with Crippen LogP contribution in [-0.4, -0.2) is 42.4 Å². The molecule has 1 heterocycles. The maximum Gasteiger partial charge on any atom is 0.122 e. The van der Waals surface area contributed by atoms with Crippen LogP contribution in [0, 0.1) is 0 Å². The van der Waals surface area contributed by atoms with Gasteiger partial charge in [0.05, 0.1) is 12.7 Å². The van der Waals surface area contributed by atoms with E-state index in [-0.39, 0.29) is 6.10 Å². The van der Waals surface area contributed by atoms with Crippen LogP contribution in [-0.2, 0) is 0 Å². The van der Waals surface area contributed by atoms with E-state index in [2.05, 4.69) is 24.1 Å². The monoisotopic (exact) mass is 261 g/mol. The summed E-state index contributed by atoms with van der Waals surface area (Å²) in [6.07, 6.45) is 4.32. The average Bonchev–Trinajstić information content (AvgIpc) is 2.83. The van der Waals surface area contributed by atoms with Crippen LogP contribution in [0.3, 0.4) is 0 Å². The molecule has 19 heavy (non-hydrogen) atoms. The highest BCUT2D eigenvalue weighted by atomic mass is 16.5. The van der Waals surface area contributed by atoms with Gasteiger partial charge in [0, 0.05) is 24.1 Å². The summed E-state index contributed by atoms with van der Waals surface area (Å²) < 4.78 is 5.74. The van der Waals surface area contributed by atoms with Gasteiger partial charge in [-0.3, -0.25) is 0 Å². The lowest BCUT2D eigenvalue weighted by molar-refractivity contribution is 0.0288. The second-order valence-corrected chi connectivity index (χ2v) is 5.90. The van der Waals surface area contributed by atoms with Crippen molar-refractivity contribution in [3.05, 3.63) is 29.8 Å². The molecule has 3 unspecified atom stereocenters. The predicted octanol–water partition coefficient (Wildman–Crippen LogP) is 2.40. The van der Waals surface area contributed by atoms with E-state index in [0.29, 0.717) is 12.0 Å². The molecule has 3 atom stereocenters. The minimum absolute atomic E-state index is 0.156. The molecule has 104 valence electrons. The number of hydrogen-bond acceptors (Lipinski definition) is 3. The molecular weight excluding hydrogens is 238 g/mol. The first-order valence-corrected chi connectivity index (χ1v) is 7.35. The van der Waals surface area contributed by atoms with E-state index in [9.17, 15) is 5.11 Å². The van der Waals surface area contributed by atoms with Gasteiger partial charge in [0.15, 0.2) is 0 Å². The van der Waals surface area contributed by atoms with E-state index in [1.54, 1.807) is 0 Å². The maximum absolute atomic E-state index is 10.1. The van der Waals surface area contributed by atoms with Crippen molar-refractivity contribution in [3.63, 3.8) is 0 Å². The predicted molar refractivity (Wildman–Crippen MR) is 75.6 cm³/mol. The lowest BCUT2D eigenvalue weighted by Crippen LogP contribution is -2.45. The lowest BCUT2D eigenvalue weighted by Gasteiger charge is -2.36. The fraction of sp³-hybridized carbons (Fsp3) is 0.625. The molecule has 0 amide bonds. The van der Waals surface area contributed by atoms with Crippen LogP contribution in [0.25, 0.3) is 0 Å². The fourth-order valence-corrected chi connectivity index (χ4v) is 3.47. The van der Waals surface area contributed by atoms with Gasteiger partial charge in [-0.25, -0.2) is 0 Å². The summed E-state index contributed by atoms with van der Waals surface area (Å²) >= 11 is 0. The van der Waals surface area contributed by atoms with Crippen LogP contribution in [0.2, 0.25) is 0 Å². The third kappa shape index (κ3) is 2.63. The van der Waals surface area contributed by atoms with Crippen molar-refractivity contribution >= 4 is 0 Å². The van der Waals surface area contributed by atoms with Crippen molar-refractivity contribution in [1.82, 2.24) is 4.90 Å². The first-order valence-electron chi connectivity index (χ1n) is 7.35. The minimum Gasteiger partial charge on any atom is -0.493 e. The van der Waals surface area contributed by atoms with E-state index < -0.39 is 0 Å². The standard InChI is InChI=1S/C16H23NO2/c1-17(14-7-3-4-8-15(14)18)10-12-11-19-16-9-5-2-6-13(12)16/h2,5-6,9,12,14-15,18H,3-4,7-8,10-11H2,1H3. The van der Waals surface area contributed by atoms with E-state index in [1.165, 1.54) is 18.4 Å². The number of para-hydroxylation sites is 1. The number of aliphatic hydroxyl groups excluding tert-OH is 1. The largest absolute Gasteiger partial charge is 0.493 e. The van der Waals surface area contributed by atoms with Crippen molar-refractivity contribution in [2.24, 2.45) is 0 Å². The van der Waals surface area contributed by atoms with Crippen LogP contribution < -0.4 is 4.74 Å². The van der Waals surface area contributed by atoms with E-state index >= 15 is 0 Å². The average molecular weight is 261 g/mol. The van der Waals surface area contributed by atoms with Crippen molar-refractivity contribution in [3.8, 4) is 5.75 Å². The maximum atomic E-state index is 10.1. The molecule has 0 radical (unpaired) electrons. The zero-order chi connectivity index (χ0) is 13.2. The van der Waals surface area contributed by atoms with Gasteiger partial charge >= 0.3 is 0 Å². The summed E-state index contributed by atoms with van der Waals surface area (Å²) in [5.41, 5.74) is 1.32. The van der Waals surface area contributed by atoms with Crippen LogP contribution >= 0.6 is 0 Å². The molecule has 0 spiro atoms. The quantitative estimate of drug-likeness (QED) is 0.907. The minimum atomic E-state index is -0.156. The van der Waals surface area contributed by atoms with Crippen molar-refractivity contribution in [2.45, 2.75) is 43.7 Å². The number of benzene rings is 1. The molecule has 0 aromatic heterocycles. The Morgan fingerprint density at radius 3 is 2.89 bits per heavy atom. The van der Waals surface area contributed by atoms with Gasteiger partial charge in [0.1, 0.15) is 5.75 Å². The molecule has 2 aliphatic rings. The first kappa shape index (κ1) is 12.9. The molecule has 1 aromatic carbocycles. The molecule has 3 rings (SSSR count). The van der Waals surface area contributed by atoms with Gasteiger partial charge in [-0.1, -0.05) is 31.0 Å². The molecule has 1 aromatic rings. The topological polar surface area (TPSA) is 32.7 Å². The van der Waals surface area contributed by atoms with Gasteiger partial charge in [0.25, 0.3) is 0 Å². The van der Waals surface area contributed by atoms with Crippen LogP contribution in [0.4, 0.5) is 0 Å². The lowest BCUT2D eigenvalue weighted by atomic mass is 9.90. The van der Waals surface area contributed by atoms with Crippen LogP contribution in [0.5, 0.6) is 5.75 Å². The molecule has 1 saturated carbocycles. The third-order valence-corrected chi connectivity index (χ3v) is 4.57. The number of nitrogens with zero attached hydrogens (tertiary/aromatic N) is 1. The van der Waals surface area contributed by atoms with Crippen LogP contribution in [0.1, 0.15) is 37.2 Å². The molecule has 3 nitrogen and oxygen atoms in total. The number of likely N-dealkylation sites (N-methyl/N-ethyl adjacent to an activating group) is 1. The second-order valence-electron chi connectivity index (χ2n) is 5.90. The van der Waals surface area contributed by atoms with Crippen LogP contribution in [0.15, 0.2) is 24.3 Å². The summed E-state index contributed by atoms with van der Waals surface area (Å²) in [5.74, 6) is 1.47. The Labute approximate surface area is 115 Å². The van der Waals surface area contributed by atoms with E-state index in [0.717, 1.165) is 31.7 Å². The molecule has 1 aliphatic heterocycles.